The largest absolute Gasteiger partial charge is 0.485 e. The molecule has 0 bridgehead atoms. The molecule has 1 aromatic heterocycles. The van der Waals surface area contributed by atoms with Gasteiger partial charge in [-0.3, -0.25) is 0 Å². The lowest BCUT2D eigenvalue weighted by Gasteiger charge is -2.27. The van der Waals surface area contributed by atoms with Gasteiger partial charge < -0.3 is 26.2 Å². The van der Waals surface area contributed by atoms with Gasteiger partial charge in [-0.05, 0) is 69.5 Å². The number of aromatic nitrogens is 1. The lowest BCUT2D eigenvalue weighted by molar-refractivity contribution is 0.143. The Morgan fingerprint density at radius 1 is 1.28 bits per heavy atom. The standard InChI is InChI=1S/C25H30N4O2S/c1-25(2,30)9-6-17-4-3-5-18(12-17)16-31-21-13-20(14-28-23(21)26)22-15-29-24(32-22)19-7-10-27-11-8-19/h3-5,12-15,19,24,27,29-30H,7-8,10-11,16H2,1-2H3,(H2,26,28). The smallest absolute Gasteiger partial charge is 0.166 e. The number of anilines is 1. The highest BCUT2D eigenvalue weighted by atomic mass is 32.2. The molecule has 32 heavy (non-hydrogen) atoms. The van der Waals surface area contributed by atoms with E-state index in [0.29, 0.717) is 29.5 Å². The van der Waals surface area contributed by atoms with Crippen molar-refractivity contribution in [3.8, 4) is 17.6 Å². The third kappa shape index (κ3) is 5.98. The molecular weight excluding hydrogens is 420 g/mol. The van der Waals surface area contributed by atoms with Crippen molar-refractivity contribution >= 4 is 22.5 Å². The molecule has 0 amide bonds. The lowest BCUT2D eigenvalue weighted by Crippen LogP contribution is -2.36. The number of nitrogens with one attached hydrogen (secondary N) is 2. The van der Waals surface area contributed by atoms with Crippen molar-refractivity contribution in [2.75, 3.05) is 18.8 Å². The molecule has 0 spiro atoms. The number of nitrogens with two attached hydrogens (primary N) is 1. The van der Waals surface area contributed by atoms with Crippen molar-refractivity contribution in [2.24, 2.45) is 5.92 Å². The molecule has 168 valence electrons. The van der Waals surface area contributed by atoms with Crippen LogP contribution in [-0.2, 0) is 6.61 Å². The Morgan fingerprint density at radius 3 is 2.88 bits per heavy atom. The molecular formula is C25H30N4O2S. The van der Waals surface area contributed by atoms with Crippen molar-refractivity contribution in [2.45, 2.75) is 44.3 Å². The van der Waals surface area contributed by atoms with Gasteiger partial charge in [0.05, 0.1) is 5.37 Å². The molecule has 2 aliphatic rings. The molecule has 0 saturated carbocycles. The minimum absolute atomic E-state index is 0.357. The topological polar surface area (TPSA) is 92.4 Å². The number of piperidine rings is 1. The van der Waals surface area contributed by atoms with Crippen LogP contribution >= 0.6 is 11.8 Å². The molecule has 1 aromatic carbocycles. The third-order valence-corrected chi connectivity index (χ3v) is 6.83. The molecule has 3 heterocycles. The summed E-state index contributed by atoms with van der Waals surface area (Å²) in [7, 11) is 0. The van der Waals surface area contributed by atoms with Crippen molar-refractivity contribution < 1.29 is 9.84 Å². The van der Waals surface area contributed by atoms with Gasteiger partial charge in [0, 0.05) is 28.4 Å². The third-order valence-electron chi connectivity index (χ3n) is 5.44. The SMILES string of the molecule is CC(C)(O)C#Cc1cccc(COc2cc(C3=CNC(C4CCNCC4)S3)cnc2N)c1. The highest BCUT2D eigenvalue weighted by Gasteiger charge is 2.28. The van der Waals surface area contributed by atoms with E-state index in [2.05, 4.69) is 33.7 Å². The number of nitrogen functional groups attached to an aromatic ring is 1. The van der Waals surface area contributed by atoms with Gasteiger partial charge in [0.15, 0.2) is 11.6 Å². The first-order chi connectivity index (χ1) is 15.4. The van der Waals surface area contributed by atoms with Crippen LogP contribution in [0.2, 0.25) is 0 Å². The maximum absolute atomic E-state index is 9.80. The zero-order valence-electron chi connectivity index (χ0n) is 18.5. The number of hydrogen-bond acceptors (Lipinski definition) is 7. The van der Waals surface area contributed by atoms with Crippen LogP contribution in [-0.4, -0.2) is 34.2 Å². The second kappa shape index (κ2) is 9.86. The van der Waals surface area contributed by atoms with Crippen LogP contribution in [0.1, 0.15) is 43.4 Å². The van der Waals surface area contributed by atoms with Crippen LogP contribution in [0.25, 0.3) is 4.91 Å². The summed E-state index contributed by atoms with van der Waals surface area (Å²) in [6.07, 6.45) is 6.28. The zero-order chi connectivity index (χ0) is 22.6. The van der Waals surface area contributed by atoms with E-state index in [1.807, 2.05) is 42.1 Å². The predicted octanol–water partition coefficient (Wildman–Crippen LogP) is 3.33. The molecule has 1 atom stereocenters. The number of thioether (sulfide) groups is 1. The van der Waals surface area contributed by atoms with Gasteiger partial charge >= 0.3 is 0 Å². The van der Waals surface area contributed by atoms with Gasteiger partial charge in [0.2, 0.25) is 0 Å². The van der Waals surface area contributed by atoms with E-state index in [0.717, 1.165) is 34.7 Å². The van der Waals surface area contributed by atoms with E-state index in [1.165, 1.54) is 12.8 Å². The summed E-state index contributed by atoms with van der Waals surface area (Å²) >= 11 is 1.86. The number of benzene rings is 1. The Hall–Kier alpha value is -2.66. The van der Waals surface area contributed by atoms with E-state index in [9.17, 15) is 5.11 Å². The Morgan fingerprint density at radius 2 is 2.09 bits per heavy atom. The van der Waals surface area contributed by atoms with E-state index in [-0.39, 0.29) is 0 Å². The number of aliphatic hydroxyl groups is 1. The molecule has 0 radical (unpaired) electrons. The molecule has 1 saturated heterocycles. The van der Waals surface area contributed by atoms with Crippen LogP contribution in [0, 0.1) is 17.8 Å². The quantitative estimate of drug-likeness (QED) is 0.519. The average molecular weight is 451 g/mol. The van der Waals surface area contributed by atoms with E-state index < -0.39 is 5.60 Å². The molecule has 7 heteroatoms. The van der Waals surface area contributed by atoms with Crippen molar-refractivity contribution in [1.29, 1.82) is 0 Å². The first-order valence-corrected chi connectivity index (χ1v) is 11.8. The number of rotatable bonds is 5. The lowest BCUT2D eigenvalue weighted by atomic mass is 9.98. The molecule has 4 rings (SSSR count). The minimum Gasteiger partial charge on any atom is -0.485 e. The maximum atomic E-state index is 9.80. The monoisotopic (exact) mass is 450 g/mol. The van der Waals surface area contributed by atoms with Crippen molar-refractivity contribution in [3.05, 3.63) is 59.4 Å². The Bertz CT molecular complexity index is 1050. The summed E-state index contributed by atoms with van der Waals surface area (Å²) in [6, 6.07) is 9.73. The van der Waals surface area contributed by atoms with Gasteiger partial charge in [-0.1, -0.05) is 35.7 Å². The summed E-state index contributed by atoms with van der Waals surface area (Å²) in [5.74, 6) is 7.44. The summed E-state index contributed by atoms with van der Waals surface area (Å²) in [5, 5.41) is 17.2. The van der Waals surface area contributed by atoms with Crippen molar-refractivity contribution in [3.63, 3.8) is 0 Å². The van der Waals surface area contributed by atoms with Gasteiger partial charge in [0.25, 0.3) is 0 Å². The van der Waals surface area contributed by atoms with E-state index in [4.69, 9.17) is 10.5 Å². The van der Waals surface area contributed by atoms with Crippen LogP contribution in [0.3, 0.4) is 0 Å². The average Bonchev–Trinajstić information content (AvgIpc) is 3.28. The molecule has 6 nitrogen and oxygen atoms in total. The summed E-state index contributed by atoms with van der Waals surface area (Å²) < 4.78 is 6.02. The normalized spacial score (nSPS) is 19.0. The number of ether oxygens (including phenoxy) is 1. The molecule has 2 aromatic rings. The van der Waals surface area contributed by atoms with Gasteiger partial charge in [-0.15, -0.1) is 0 Å². The first-order valence-electron chi connectivity index (χ1n) is 10.9. The van der Waals surface area contributed by atoms with Gasteiger partial charge in [-0.25, -0.2) is 4.98 Å². The van der Waals surface area contributed by atoms with Crippen LogP contribution < -0.4 is 21.1 Å². The second-order valence-corrected chi connectivity index (χ2v) is 9.89. The number of nitrogens with zero attached hydrogens (tertiary/aromatic N) is 1. The predicted molar refractivity (Wildman–Crippen MR) is 131 cm³/mol. The molecule has 2 aliphatic heterocycles. The zero-order valence-corrected chi connectivity index (χ0v) is 19.3. The molecule has 0 aliphatic carbocycles. The van der Waals surface area contributed by atoms with Gasteiger partial charge in [0.1, 0.15) is 12.2 Å². The Balaban J connectivity index is 1.41. The fourth-order valence-electron chi connectivity index (χ4n) is 3.72. The summed E-state index contributed by atoms with van der Waals surface area (Å²) in [5.41, 5.74) is 7.87. The number of hydrogen-bond donors (Lipinski definition) is 4. The van der Waals surface area contributed by atoms with E-state index in [1.54, 1.807) is 20.0 Å². The van der Waals surface area contributed by atoms with Crippen LogP contribution in [0.15, 0.2) is 42.7 Å². The molecule has 1 fully saturated rings. The van der Waals surface area contributed by atoms with Gasteiger partial charge in [-0.2, -0.15) is 0 Å². The van der Waals surface area contributed by atoms with E-state index >= 15 is 0 Å². The second-order valence-electron chi connectivity index (χ2n) is 8.71. The number of pyridine rings is 1. The van der Waals surface area contributed by atoms with Crippen LogP contribution in [0.4, 0.5) is 5.82 Å². The first kappa shape index (κ1) is 22.5. The fourth-order valence-corrected chi connectivity index (χ4v) is 4.98. The molecule has 5 N–H and O–H groups in total. The fraction of sp³-hybridized carbons (Fsp3) is 0.400. The Labute approximate surface area is 194 Å². The van der Waals surface area contributed by atoms with Crippen molar-refractivity contribution in [1.82, 2.24) is 15.6 Å². The Kier molecular flexibility index (Phi) is 6.95. The molecule has 1 unspecified atom stereocenters. The highest BCUT2D eigenvalue weighted by Crippen LogP contribution is 2.40. The highest BCUT2D eigenvalue weighted by molar-refractivity contribution is 8.09. The summed E-state index contributed by atoms with van der Waals surface area (Å²) in [6.45, 7) is 5.86. The summed E-state index contributed by atoms with van der Waals surface area (Å²) in [4.78, 5) is 5.52. The minimum atomic E-state index is -1.03. The maximum Gasteiger partial charge on any atom is 0.166 e. The van der Waals surface area contributed by atoms with Crippen LogP contribution in [0.5, 0.6) is 5.75 Å².